The zero-order valence-electron chi connectivity index (χ0n) is 13.7. The Morgan fingerprint density at radius 1 is 1.08 bits per heavy atom. The van der Waals surface area contributed by atoms with Crippen LogP contribution < -0.4 is 10.6 Å². The third-order valence-electron chi connectivity index (χ3n) is 3.93. The lowest BCUT2D eigenvalue weighted by atomic mass is 10.0. The number of nitrogens with zero attached hydrogens (tertiary/aromatic N) is 1. The SMILES string of the molecule is COCCNCCNC(=O)c1cc2ccccc2c2cccnc12. The van der Waals surface area contributed by atoms with Crippen LogP contribution in [0.4, 0.5) is 0 Å². The standard InChI is InChI=1S/C19H21N3O2/c1-24-12-11-20-9-10-22-19(23)17-13-14-5-2-3-6-15(14)16-7-4-8-21-18(16)17/h2-8,13,20H,9-12H2,1H3,(H,22,23). The molecule has 2 N–H and O–H groups in total. The van der Waals surface area contributed by atoms with Gasteiger partial charge < -0.3 is 15.4 Å². The van der Waals surface area contributed by atoms with Crippen LogP contribution in [0.3, 0.4) is 0 Å². The van der Waals surface area contributed by atoms with Crippen LogP contribution in [0.25, 0.3) is 21.7 Å². The Hall–Kier alpha value is -2.50. The second-order valence-corrected chi connectivity index (χ2v) is 5.54. The molecule has 0 radical (unpaired) electrons. The number of benzene rings is 2. The fourth-order valence-electron chi connectivity index (χ4n) is 2.76. The molecule has 3 rings (SSSR count). The van der Waals surface area contributed by atoms with Crippen molar-refractivity contribution in [2.24, 2.45) is 0 Å². The molecule has 124 valence electrons. The van der Waals surface area contributed by atoms with Crippen molar-refractivity contribution in [2.45, 2.75) is 0 Å². The van der Waals surface area contributed by atoms with Gasteiger partial charge in [0.1, 0.15) is 0 Å². The monoisotopic (exact) mass is 323 g/mol. The number of nitrogens with one attached hydrogen (secondary N) is 2. The lowest BCUT2D eigenvalue weighted by molar-refractivity contribution is 0.0955. The maximum atomic E-state index is 12.6. The van der Waals surface area contributed by atoms with E-state index in [-0.39, 0.29) is 5.91 Å². The molecule has 0 aliphatic rings. The van der Waals surface area contributed by atoms with E-state index in [1.165, 1.54) is 0 Å². The Bertz CT molecular complexity index is 848. The predicted molar refractivity (Wildman–Crippen MR) is 96.3 cm³/mol. The van der Waals surface area contributed by atoms with Crippen molar-refractivity contribution in [3.63, 3.8) is 0 Å². The van der Waals surface area contributed by atoms with E-state index in [0.717, 1.165) is 28.2 Å². The van der Waals surface area contributed by atoms with Crippen LogP contribution in [0.2, 0.25) is 0 Å². The molecule has 1 amide bonds. The van der Waals surface area contributed by atoms with Crippen LogP contribution in [0.5, 0.6) is 0 Å². The van der Waals surface area contributed by atoms with E-state index in [0.29, 0.717) is 25.3 Å². The highest BCUT2D eigenvalue weighted by Crippen LogP contribution is 2.27. The number of carbonyl (C=O) groups excluding carboxylic acids is 1. The maximum absolute atomic E-state index is 12.6. The van der Waals surface area contributed by atoms with Gasteiger partial charge >= 0.3 is 0 Å². The summed E-state index contributed by atoms with van der Waals surface area (Å²) in [4.78, 5) is 17.0. The van der Waals surface area contributed by atoms with E-state index in [4.69, 9.17) is 4.74 Å². The Morgan fingerprint density at radius 3 is 2.79 bits per heavy atom. The first kappa shape index (κ1) is 16.4. The Labute approximate surface area is 141 Å². The number of fused-ring (bicyclic) bond motifs is 3. The van der Waals surface area contributed by atoms with Crippen LogP contribution in [0.15, 0.2) is 48.7 Å². The molecule has 0 aliphatic heterocycles. The number of methoxy groups -OCH3 is 1. The van der Waals surface area contributed by atoms with Gasteiger partial charge in [-0.15, -0.1) is 0 Å². The molecule has 0 atom stereocenters. The molecule has 0 unspecified atom stereocenters. The van der Waals surface area contributed by atoms with Gasteiger partial charge in [0.2, 0.25) is 0 Å². The van der Waals surface area contributed by atoms with Crippen LogP contribution in [-0.4, -0.2) is 44.2 Å². The minimum Gasteiger partial charge on any atom is -0.383 e. The van der Waals surface area contributed by atoms with Crippen molar-refractivity contribution >= 4 is 27.6 Å². The molecule has 24 heavy (non-hydrogen) atoms. The third kappa shape index (κ3) is 3.53. The first-order valence-electron chi connectivity index (χ1n) is 8.05. The van der Waals surface area contributed by atoms with Gasteiger partial charge in [-0.3, -0.25) is 9.78 Å². The minimum atomic E-state index is -0.0991. The summed E-state index contributed by atoms with van der Waals surface area (Å²) in [6.07, 6.45) is 1.72. The minimum absolute atomic E-state index is 0.0991. The van der Waals surface area contributed by atoms with Crippen LogP contribution in [0, 0.1) is 0 Å². The number of ether oxygens (including phenoxy) is 1. The predicted octanol–water partition coefficient (Wildman–Crippen LogP) is 2.35. The van der Waals surface area contributed by atoms with E-state index >= 15 is 0 Å². The number of aromatic nitrogens is 1. The van der Waals surface area contributed by atoms with Crippen molar-refractivity contribution in [3.8, 4) is 0 Å². The largest absolute Gasteiger partial charge is 0.383 e. The maximum Gasteiger partial charge on any atom is 0.253 e. The highest BCUT2D eigenvalue weighted by Gasteiger charge is 2.13. The van der Waals surface area contributed by atoms with Gasteiger partial charge in [-0.05, 0) is 22.9 Å². The molecule has 2 aromatic carbocycles. The molecule has 1 aromatic heterocycles. The lowest BCUT2D eigenvalue weighted by Crippen LogP contribution is -2.33. The van der Waals surface area contributed by atoms with Gasteiger partial charge in [-0.25, -0.2) is 0 Å². The Balaban J connectivity index is 1.81. The first-order chi connectivity index (χ1) is 11.8. The fraction of sp³-hybridized carbons (Fsp3) is 0.263. The topological polar surface area (TPSA) is 63.2 Å². The molecule has 0 spiro atoms. The summed E-state index contributed by atoms with van der Waals surface area (Å²) in [6.45, 7) is 2.69. The molecule has 1 heterocycles. The number of hydrogen-bond acceptors (Lipinski definition) is 4. The molecular formula is C19H21N3O2. The Morgan fingerprint density at radius 2 is 1.92 bits per heavy atom. The summed E-state index contributed by atoms with van der Waals surface area (Å²) < 4.78 is 4.97. The van der Waals surface area contributed by atoms with Gasteiger partial charge in [-0.2, -0.15) is 0 Å². The number of carbonyl (C=O) groups is 1. The lowest BCUT2D eigenvalue weighted by Gasteiger charge is -2.10. The highest BCUT2D eigenvalue weighted by atomic mass is 16.5. The number of pyridine rings is 1. The Kier molecular flexibility index (Phi) is 5.36. The van der Waals surface area contributed by atoms with E-state index in [1.807, 2.05) is 36.4 Å². The van der Waals surface area contributed by atoms with E-state index in [1.54, 1.807) is 13.3 Å². The van der Waals surface area contributed by atoms with E-state index in [9.17, 15) is 4.79 Å². The molecule has 0 fully saturated rings. The van der Waals surface area contributed by atoms with Crippen molar-refractivity contribution < 1.29 is 9.53 Å². The molecule has 3 aromatic rings. The van der Waals surface area contributed by atoms with Crippen molar-refractivity contribution in [1.82, 2.24) is 15.6 Å². The number of amides is 1. The number of rotatable bonds is 7. The van der Waals surface area contributed by atoms with Crippen LogP contribution in [-0.2, 0) is 4.74 Å². The second-order valence-electron chi connectivity index (χ2n) is 5.54. The van der Waals surface area contributed by atoms with Crippen molar-refractivity contribution in [2.75, 3.05) is 33.4 Å². The third-order valence-corrected chi connectivity index (χ3v) is 3.93. The average molecular weight is 323 g/mol. The van der Waals surface area contributed by atoms with Gasteiger partial charge in [0, 0.05) is 38.3 Å². The fourth-order valence-corrected chi connectivity index (χ4v) is 2.76. The summed E-state index contributed by atoms with van der Waals surface area (Å²) in [6, 6.07) is 13.9. The first-order valence-corrected chi connectivity index (χ1v) is 8.05. The van der Waals surface area contributed by atoms with Gasteiger partial charge in [-0.1, -0.05) is 30.3 Å². The van der Waals surface area contributed by atoms with E-state index < -0.39 is 0 Å². The van der Waals surface area contributed by atoms with Crippen LogP contribution >= 0.6 is 0 Å². The molecular weight excluding hydrogens is 302 g/mol. The van der Waals surface area contributed by atoms with Gasteiger partial charge in [0.25, 0.3) is 5.91 Å². The highest BCUT2D eigenvalue weighted by molar-refractivity contribution is 6.15. The van der Waals surface area contributed by atoms with Crippen LogP contribution in [0.1, 0.15) is 10.4 Å². The summed E-state index contributed by atoms with van der Waals surface area (Å²) in [5.41, 5.74) is 1.35. The molecule has 0 bridgehead atoms. The number of hydrogen-bond donors (Lipinski definition) is 2. The van der Waals surface area contributed by atoms with Crippen molar-refractivity contribution in [3.05, 3.63) is 54.2 Å². The quantitative estimate of drug-likeness (QED) is 0.517. The summed E-state index contributed by atoms with van der Waals surface area (Å²) in [7, 11) is 1.67. The molecule has 5 heteroatoms. The molecule has 0 saturated heterocycles. The van der Waals surface area contributed by atoms with Crippen molar-refractivity contribution in [1.29, 1.82) is 0 Å². The smallest absolute Gasteiger partial charge is 0.253 e. The molecule has 0 saturated carbocycles. The average Bonchev–Trinajstić information content (AvgIpc) is 2.63. The normalized spacial score (nSPS) is 11.0. The van der Waals surface area contributed by atoms with Gasteiger partial charge in [0.05, 0.1) is 17.7 Å². The summed E-state index contributed by atoms with van der Waals surface area (Å²) in [5.74, 6) is -0.0991. The summed E-state index contributed by atoms with van der Waals surface area (Å²) >= 11 is 0. The zero-order valence-corrected chi connectivity index (χ0v) is 13.7. The van der Waals surface area contributed by atoms with Gasteiger partial charge in [0.15, 0.2) is 0 Å². The van der Waals surface area contributed by atoms with E-state index in [2.05, 4.69) is 21.7 Å². The zero-order chi connectivity index (χ0) is 16.8. The summed E-state index contributed by atoms with van der Waals surface area (Å²) in [5, 5.41) is 9.31. The molecule has 5 nitrogen and oxygen atoms in total. The second kappa shape index (κ2) is 7.86. The molecule has 0 aliphatic carbocycles.